The molecule has 0 aromatic heterocycles. The molecule has 0 atom stereocenters. The zero-order chi connectivity index (χ0) is 10.6. The van der Waals surface area contributed by atoms with Gasteiger partial charge in [-0.05, 0) is 13.8 Å². The van der Waals surface area contributed by atoms with E-state index in [1.807, 2.05) is 13.8 Å². The summed E-state index contributed by atoms with van der Waals surface area (Å²) in [4.78, 5) is 18.4. The highest BCUT2D eigenvalue weighted by atomic mass is 16.2. The van der Waals surface area contributed by atoms with E-state index in [1.165, 1.54) is 12.7 Å². The van der Waals surface area contributed by atoms with Crippen LogP contribution in [0.2, 0.25) is 0 Å². The molecule has 0 aliphatic carbocycles. The van der Waals surface area contributed by atoms with E-state index < -0.39 is 0 Å². The third-order valence-corrected chi connectivity index (χ3v) is 1.01. The largest absolute Gasteiger partial charge is 0.325 e. The Balaban J connectivity index is 3.65. The molecule has 0 spiro atoms. The Morgan fingerprint density at radius 1 is 1.00 bits per heavy atom. The van der Waals surface area contributed by atoms with Gasteiger partial charge in [0.05, 0.1) is 12.7 Å². The molecular weight excluding hydrogens is 180 g/mol. The molecule has 0 rings (SSSR count). The van der Waals surface area contributed by atoms with Crippen molar-refractivity contribution in [3.8, 4) is 0 Å². The quantitative estimate of drug-likeness (QED) is 0.515. The van der Waals surface area contributed by atoms with Gasteiger partial charge in [-0.1, -0.05) is 12.2 Å². The maximum Gasteiger partial charge on any atom is 0.325 e. The van der Waals surface area contributed by atoms with Gasteiger partial charge in [0.2, 0.25) is 0 Å². The van der Waals surface area contributed by atoms with Gasteiger partial charge in [-0.2, -0.15) is 0 Å². The molecular formula is C9H14N4O. The lowest BCUT2D eigenvalue weighted by Gasteiger charge is -1.94. The van der Waals surface area contributed by atoms with Gasteiger partial charge in [0, 0.05) is 12.4 Å². The minimum atomic E-state index is -0.383. The Hall–Kier alpha value is -1.91. The van der Waals surface area contributed by atoms with Gasteiger partial charge in [0.15, 0.2) is 0 Å². The molecule has 0 aromatic carbocycles. The van der Waals surface area contributed by atoms with E-state index in [4.69, 9.17) is 0 Å². The van der Waals surface area contributed by atoms with Crippen LogP contribution >= 0.6 is 0 Å². The summed E-state index contributed by atoms with van der Waals surface area (Å²) in [6, 6.07) is -0.383. The fourth-order valence-electron chi connectivity index (χ4n) is 0.492. The number of carbonyl (C=O) groups excluding carboxylic acids is 1. The number of urea groups is 1. The average molecular weight is 194 g/mol. The maximum absolute atomic E-state index is 10.9. The molecule has 2 N–H and O–H groups in total. The normalized spacial score (nSPS) is 12.1. The van der Waals surface area contributed by atoms with E-state index in [9.17, 15) is 4.79 Å². The van der Waals surface area contributed by atoms with Gasteiger partial charge in [0.1, 0.15) is 0 Å². The topological polar surface area (TPSA) is 65.8 Å². The Morgan fingerprint density at radius 2 is 1.43 bits per heavy atom. The summed E-state index contributed by atoms with van der Waals surface area (Å²) in [5, 5.41) is 4.77. The number of aliphatic imine (C=N–C) groups is 2. The third kappa shape index (κ3) is 8.19. The Morgan fingerprint density at radius 3 is 1.79 bits per heavy atom. The van der Waals surface area contributed by atoms with E-state index in [-0.39, 0.29) is 6.03 Å². The number of carbonyl (C=O) groups is 1. The average Bonchev–Trinajstić information content (AvgIpc) is 2.19. The van der Waals surface area contributed by atoms with Crippen LogP contribution in [0.5, 0.6) is 0 Å². The molecule has 2 amide bonds. The fraction of sp³-hybridized carbons (Fsp3) is 0.222. The SMILES string of the molecule is C/C=C\N=CNC(=O)NC=N/C=C\C. The molecule has 14 heavy (non-hydrogen) atoms. The highest BCUT2D eigenvalue weighted by Gasteiger charge is 1.90. The van der Waals surface area contributed by atoms with Crippen LogP contribution in [0, 0.1) is 0 Å². The molecule has 0 saturated heterocycles. The van der Waals surface area contributed by atoms with E-state index in [2.05, 4.69) is 20.6 Å². The van der Waals surface area contributed by atoms with Crippen LogP contribution in [0.25, 0.3) is 0 Å². The van der Waals surface area contributed by atoms with Gasteiger partial charge < -0.3 is 0 Å². The second kappa shape index (κ2) is 9.18. The van der Waals surface area contributed by atoms with Gasteiger partial charge in [-0.25, -0.2) is 14.8 Å². The smallest absolute Gasteiger partial charge is 0.298 e. The molecule has 0 heterocycles. The van der Waals surface area contributed by atoms with Gasteiger partial charge in [0.25, 0.3) is 0 Å². The van der Waals surface area contributed by atoms with Crippen molar-refractivity contribution >= 4 is 18.7 Å². The zero-order valence-corrected chi connectivity index (χ0v) is 8.27. The number of hydrogen-bond acceptors (Lipinski definition) is 3. The van der Waals surface area contributed by atoms with Crippen molar-refractivity contribution in [2.75, 3.05) is 0 Å². The molecule has 0 aliphatic heterocycles. The Kier molecular flexibility index (Phi) is 7.93. The molecule has 0 fully saturated rings. The van der Waals surface area contributed by atoms with E-state index >= 15 is 0 Å². The molecule has 0 radical (unpaired) electrons. The summed E-state index contributed by atoms with van der Waals surface area (Å²) in [6.07, 6.45) is 9.22. The predicted molar refractivity (Wildman–Crippen MR) is 58.3 cm³/mol. The van der Waals surface area contributed by atoms with Crippen LogP contribution in [0.4, 0.5) is 4.79 Å². The maximum atomic E-state index is 10.9. The molecule has 0 saturated carbocycles. The van der Waals surface area contributed by atoms with Crippen LogP contribution in [-0.2, 0) is 0 Å². The molecule has 0 aromatic rings. The van der Waals surface area contributed by atoms with E-state index in [0.717, 1.165) is 0 Å². The summed E-state index contributed by atoms with van der Waals surface area (Å²) in [5.74, 6) is 0. The van der Waals surface area contributed by atoms with Crippen LogP contribution in [0.1, 0.15) is 13.8 Å². The Bertz CT molecular complexity index is 240. The summed E-state index contributed by atoms with van der Waals surface area (Å²) in [5.41, 5.74) is 0. The van der Waals surface area contributed by atoms with Crippen LogP contribution in [-0.4, -0.2) is 18.7 Å². The van der Waals surface area contributed by atoms with Crippen molar-refractivity contribution in [1.82, 2.24) is 10.6 Å². The van der Waals surface area contributed by atoms with Crippen molar-refractivity contribution < 1.29 is 4.79 Å². The fourth-order valence-corrected chi connectivity index (χ4v) is 0.492. The second-order valence-corrected chi connectivity index (χ2v) is 2.14. The van der Waals surface area contributed by atoms with Gasteiger partial charge in [-0.3, -0.25) is 10.6 Å². The summed E-state index contributed by atoms with van der Waals surface area (Å²) < 4.78 is 0. The lowest BCUT2D eigenvalue weighted by Crippen LogP contribution is -2.33. The lowest BCUT2D eigenvalue weighted by molar-refractivity contribution is 0.250. The first-order valence-corrected chi connectivity index (χ1v) is 4.14. The predicted octanol–water partition coefficient (Wildman–Crippen LogP) is 1.41. The zero-order valence-electron chi connectivity index (χ0n) is 8.27. The Labute approximate surface area is 83.3 Å². The number of amides is 2. The number of hydrogen-bond donors (Lipinski definition) is 2. The number of rotatable bonds is 4. The van der Waals surface area contributed by atoms with Crippen molar-refractivity contribution in [2.45, 2.75) is 13.8 Å². The summed E-state index contributed by atoms with van der Waals surface area (Å²) >= 11 is 0. The van der Waals surface area contributed by atoms with Crippen molar-refractivity contribution in [2.24, 2.45) is 9.98 Å². The first kappa shape index (κ1) is 12.1. The third-order valence-electron chi connectivity index (χ3n) is 1.01. The van der Waals surface area contributed by atoms with Gasteiger partial charge in [-0.15, -0.1) is 0 Å². The molecule has 0 aliphatic rings. The highest BCUT2D eigenvalue weighted by Crippen LogP contribution is 1.70. The van der Waals surface area contributed by atoms with Crippen LogP contribution < -0.4 is 10.6 Å². The molecule has 0 bridgehead atoms. The van der Waals surface area contributed by atoms with E-state index in [1.54, 1.807) is 24.6 Å². The van der Waals surface area contributed by atoms with Crippen molar-refractivity contribution in [3.05, 3.63) is 24.6 Å². The molecule has 0 unspecified atom stereocenters. The summed E-state index contributed by atoms with van der Waals surface area (Å²) in [7, 11) is 0. The standard InChI is InChI=1S/C9H14N4O/c1-3-5-10-7-12-9(14)13-8-11-6-4-2/h3-8H,1-2H3,(H2,10,11,12,13,14)/b5-3-,6-4-. The summed E-state index contributed by atoms with van der Waals surface area (Å²) in [6.45, 7) is 3.67. The minimum Gasteiger partial charge on any atom is -0.298 e. The second-order valence-electron chi connectivity index (χ2n) is 2.14. The monoisotopic (exact) mass is 194 g/mol. The first-order chi connectivity index (χ1) is 6.81. The van der Waals surface area contributed by atoms with Crippen molar-refractivity contribution in [1.29, 1.82) is 0 Å². The molecule has 5 heteroatoms. The van der Waals surface area contributed by atoms with Crippen LogP contribution in [0.3, 0.4) is 0 Å². The minimum absolute atomic E-state index is 0.383. The molecule has 76 valence electrons. The molecule has 5 nitrogen and oxygen atoms in total. The number of nitrogens with zero attached hydrogens (tertiary/aromatic N) is 2. The lowest BCUT2D eigenvalue weighted by atomic mass is 10.7. The number of nitrogens with one attached hydrogen (secondary N) is 2. The van der Waals surface area contributed by atoms with Crippen LogP contribution in [0.15, 0.2) is 34.5 Å². The first-order valence-electron chi connectivity index (χ1n) is 4.14. The highest BCUT2D eigenvalue weighted by molar-refractivity contribution is 5.93. The van der Waals surface area contributed by atoms with Gasteiger partial charge >= 0.3 is 6.03 Å². The van der Waals surface area contributed by atoms with E-state index in [0.29, 0.717) is 0 Å². The number of allylic oxidation sites excluding steroid dienone is 2. The van der Waals surface area contributed by atoms with Crippen molar-refractivity contribution in [3.63, 3.8) is 0 Å².